The smallest absolute Gasteiger partial charge is 0.187 e. The molecule has 0 radical (unpaired) electrons. The number of aromatic nitrogens is 2. The first-order valence-electron chi connectivity index (χ1n) is 10.3. The molecule has 0 aliphatic rings. The van der Waals surface area contributed by atoms with Crippen molar-refractivity contribution in [2.45, 2.75) is 51.1 Å². The molecule has 2 aromatic rings. The van der Waals surface area contributed by atoms with Crippen LogP contribution in [0.3, 0.4) is 0 Å². The number of allylic oxidation sites excluding steroid dienone is 3. The molecule has 1 N–H and O–H groups in total. The second-order valence-corrected chi connectivity index (χ2v) is 7.67. The molecular weight excluding hydrogens is 393 g/mol. The summed E-state index contributed by atoms with van der Waals surface area (Å²) >= 11 is 1.52. The van der Waals surface area contributed by atoms with Gasteiger partial charge in [0.15, 0.2) is 5.16 Å². The van der Waals surface area contributed by atoms with Gasteiger partial charge in [-0.15, -0.1) is 11.8 Å². The molecule has 0 spiro atoms. The molecule has 0 fully saturated rings. The number of halogens is 1. The predicted octanol–water partition coefficient (Wildman–Crippen LogP) is 6.04. The van der Waals surface area contributed by atoms with Crippen LogP contribution in [0.1, 0.15) is 50.8 Å². The Morgan fingerprint density at radius 3 is 2.67 bits per heavy atom. The minimum Gasteiger partial charge on any atom is -0.388 e. The lowest BCUT2D eigenvalue weighted by atomic mass is 9.94. The van der Waals surface area contributed by atoms with E-state index in [1.165, 1.54) is 23.9 Å². The predicted molar refractivity (Wildman–Crippen MR) is 126 cm³/mol. The number of hydrogen-bond donors (Lipinski definition) is 1. The molecule has 0 saturated heterocycles. The van der Waals surface area contributed by atoms with E-state index >= 15 is 0 Å². The van der Waals surface area contributed by atoms with Crippen LogP contribution < -0.4 is 5.32 Å². The Labute approximate surface area is 184 Å². The summed E-state index contributed by atoms with van der Waals surface area (Å²) < 4.78 is 13.3. The summed E-state index contributed by atoms with van der Waals surface area (Å²) in [6.45, 7) is 9.26. The molecule has 0 aliphatic carbocycles. The van der Waals surface area contributed by atoms with Crippen LogP contribution in [-0.2, 0) is 6.42 Å². The van der Waals surface area contributed by atoms with Crippen molar-refractivity contribution in [2.24, 2.45) is 0 Å². The van der Waals surface area contributed by atoms with Crippen molar-refractivity contribution >= 4 is 17.3 Å². The van der Waals surface area contributed by atoms with E-state index in [9.17, 15) is 4.39 Å². The zero-order valence-corrected chi connectivity index (χ0v) is 18.9. The van der Waals surface area contributed by atoms with Crippen LogP contribution in [0.25, 0.3) is 5.57 Å². The Morgan fingerprint density at radius 2 is 2.00 bits per heavy atom. The minimum absolute atomic E-state index is 0.232. The van der Waals surface area contributed by atoms with E-state index in [1.54, 1.807) is 6.20 Å². The number of thioether (sulfide) groups is 1. The molecule has 1 heterocycles. The summed E-state index contributed by atoms with van der Waals surface area (Å²) in [6.07, 6.45) is 8.14. The summed E-state index contributed by atoms with van der Waals surface area (Å²) in [6, 6.07) is 8.53. The van der Waals surface area contributed by atoms with Crippen molar-refractivity contribution in [1.82, 2.24) is 15.3 Å². The monoisotopic (exact) mass is 423 g/mol. The summed E-state index contributed by atoms with van der Waals surface area (Å²) in [5.41, 5.74) is 5.01. The van der Waals surface area contributed by atoms with E-state index in [2.05, 4.69) is 35.6 Å². The van der Waals surface area contributed by atoms with Gasteiger partial charge in [-0.2, -0.15) is 0 Å². The highest BCUT2D eigenvalue weighted by atomic mass is 32.2. The highest BCUT2D eigenvalue weighted by Crippen LogP contribution is 2.29. The van der Waals surface area contributed by atoms with E-state index in [1.807, 2.05) is 31.4 Å². The molecule has 0 bridgehead atoms. The average Bonchev–Trinajstić information content (AvgIpc) is 2.75. The first-order valence-corrected chi connectivity index (χ1v) is 11.5. The van der Waals surface area contributed by atoms with E-state index in [0.717, 1.165) is 65.5 Å². The summed E-state index contributed by atoms with van der Waals surface area (Å²) in [5.74, 6) is 5.82. The molecule has 158 valence electrons. The Kier molecular flexibility index (Phi) is 10.2. The molecule has 3 nitrogen and oxygen atoms in total. The zero-order chi connectivity index (χ0) is 21.8. The van der Waals surface area contributed by atoms with Crippen molar-refractivity contribution in [3.8, 4) is 11.8 Å². The second-order valence-electron chi connectivity index (χ2n) is 6.90. The Balaban J connectivity index is 2.39. The molecule has 1 aromatic carbocycles. The summed E-state index contributed by atoms with van der Waals surface area (Å²) in [7, 11) is 0. The first-order chi connectivity index (χ1) is 14.6. The standard InChI is InChI=1S/C25H30FN3S/c1-5-7-8-9-16-27-22(10-6-2)24(23-15-17-28-25(29-23)30-4)19(3)18-20-11-13-21(26)14-12-20/h11-15,17,27H,3,6,8-10,16,18H2,1-2,4H3/b24-22+. The maximum Gasteiger partial charge on any atom is 0.187 e. The van der Waals surface area contributed by atoms with Crippen molar-refractivity contribution in [3.05, 3.63) is 71.5 Å². The van der Waals surface area contributed by atoms with Crippen molar-refractivity contribution in [2.75, 3.05) is 12.8 Å². The summed E-state index contributed by atoms with van der Waals surface area (Å²) in [4.78, 5) is 9.06. The SMILES string of the molecule is C=C(Cc1ccc(F)cc1)/C(=C(/CCC)NCCCC#CC)c1ccnc(SC)n1. The molecular formula is C25H30FN3S. The van der Waals surface area contributed by atoms with Crippen LogP contribution >= 0.6 is 11.8 Å². The van der Waals surface area contributed by atoms with Crippen LogP contribution in [-0.4, -0.2) is 22.8 Å². The number of nitrogens with zero attached hydrogens (tertiary/aromatic N) is 2. The topological polar surface area (TPSA) is 37.8 Å². The van der Waals surface area contributed by atoms with Crippen LogP contribution in [0.2, 0.25) is 0 Å². The largest absolute Gasteiger partial charge is 0.388 e. The van der Waals surface area contributed by atoms with Gasteiger partial charge in [-0.25, -0.2) is 14.4 Å². The molecule has 1 aromatic heterocycles. The number of unbranched alkanes of at least 4 members (excludes halogenated alkanes) is 1. The van der Waals surface area contributed by atoms with E-state index < -0.39 is 0 Å². The average molecular weight is 424 g/mol. The Bertz CT molecular complexity index is 923. The van der Waals surface area contributed by atoms with Gasteiger partial charge in [0.05, 0.1) is 5.69 Å². The minimum atomic E-state index is -0.232. The van der Waals surface area contributed by atoms with Gasteiger partial charge < -0.3 is 5.32 Å². The van der Waals surface area contributed by atoms with Crippen LogP contribution in [0.4, 0.5) is 4.39 Å². The van der Waals surface area contributed by atoms with Crippen molar-refractivity contribution < 1.29 is 4.39 Å². The molecule has 0 saturated carbocycles. The second kappa shape index (κ2) is 12.9. The van der Waals surface area contributed by atoms with Gasteiger partial charge in [-0.1, -0.05) is 43.8 Å². The first kappa shape index (κ1) is 23.7. The molecule has 0 amide bonds. The van der Waals surface area contributed by atoms with Crippen molar-refractivity contribution in [3.63, 3.8) is 0 Å². The lowest BCUT2D eigenvalue weighted by Gasteiger charge is -2.19. The van der Waals surface area contributed by atoms with Crippen LogP contribution in [0.5, 0.6) is 0 Å². The number of hydrogen-bond acceptors (Lipinski definition) is 4. The maximum absolute atomic E-state index is 13.3. The van der Waals surface area contributed by atoms with Gasteiger partial charge in [0.2, 0.25) is 0 Å². The molecule has 0 atom stereocenters. The van der Waals surface area contributed by atoms with Gasteiger partial charge in [0.25, 0.3) is 0 Å². The molecule has 5 heteroatoms. The Morgan fingerprint density at radius 1 is 1.23 bits per heavy atom. The lowest BCUT2D eigenvalue weighted by molar-refractivity contribution is 0.627. The zero-order valence-electron chi connectivity index (χ0n) is 18.1. The fourth-order valence-corrected chi connectivity index (χ4v) is 3.51. The third-order valence-corrected chi connectivity index (χ3v) is 5.11. The third-order valence-electron chi connectivity index (χ3n) is 4.55. The molecule has 2 rings (SSSR count). The Hall–Kier alpha value is -2.58. The van der Waals surface area contributed by atoms with E-state index in [4.69, 9.17) is 4.98 Å². The van der Waals surface area contributed by atoms with E-state index in [-0.39, 0.29) is 5.82 Å². The number of rotatable bonds is 11. The molecule has 0 unspecified atom stereocenters. The van der Waals surface area contributed by atoms with Crippen LogP contribution in [0, 0.1) is 17.7 Å². The van der Waals surface area contributed by atoms with Gasteiger partial charge >= 0.3 is 0 Å². The summed E-state index contributed by atoms with van der Waals surface area (Å²) in [5, 5.41) is 4.35. The highest BCUT2D eigenvalue weighted by Gasteiger charge is 2.16. The van der Waals surface area contributed by atoms with Crippen LogP contribution in [0.15, 0.2) is 59.5 Å². The van der Waals surface area contributed by atoms with E-state index in [0.29, 0.717) is 6.42 Å². The fraction of sp³-hybridized carbons (Fsp3) is 0.360. The molecule has 30 heavy (non-hydrogen) atoms. The third kappa shape index (κ3) is 7.35. The maximum atomic E-state index is 13.3. The van der Waals surface area contributed by atoms with Gasteiger partial charge in [-0.05, 0) is 61.8 Å². The quantitative estimate of drug-likeness (QED) is 0.157. The fourth-order valence-electron chi connectivity index (χ4n) is 3.16. The number of nitrogens with one attached hydrogen (secondary N) is 1. The lowest BCUT2D eigenvalue weighted by Crippen LogP contribution is -2.18. The highest BCUT2D eigenvalue weighted by molar-refractivity contribution is 7.98. The normalized spacial score (nSPS) is 11.3. The van der Waals surface area contributed by atoms with Gasteiger partial charge in [0.1, 0.15) is 5.82 Å². The van der Waals surface area contributed by atoms with Gasteiger partial charge in [-0.3, -0.25) is 0 Å². The van der Waals surface area contributed by atoms with Crippen molar-refractivity contribution in [1.29, 1.82) is 0 Å². The number of benzene rings is 1. The molecule has 0 aliphatic heterocycles. The van der Waals surface area contributed by atoms with Gasteiger partial charge in [0, 0.05) is 30.4 Å².